The zero-order chi connectivity index (χ0) is 15.2. The molecule has 0 spiro atoms. The first-order valence-electron chi connectivity index (χ1n) is 6.24. The van der Waals surface area contributed by atoms with E-state index in [1.54, 1.807) is 24.3 Å². The first-order valence-corrected chi connectivity index (χ1v) is 6.24. The van der Waals surface area contributed by atoms with Gasteiger partial charge in [0.05, 0.1) is 0 Å². The van der Waals surface area contributed by atoms with Crippen LogP contribution in [-0.2, 0) is 0 Å². The van der Waals surface area contributed by atoms with Crippen molar-refractivity contribution in [2.75, 3.05) is 0 Å². The highest BCUT2D eigenvalue weighted by molar-refractivity contribution is 6.05. The number of halogens is 4. The minimum Gasteiger partial charge on any atom is -0.456 e. The fourth-order valence-corrected chi connectivity index (χ4v) is 2.30. The van der Waals surface area contributed by atoms with Crippen LogP contribution in [0.2, 0.25) is 0 Å². The van der Waals surface area contributed by atoms with Crippen molar-refractivity contribution in [3.05, 3.63) is 48.0 Å². The smallest absolute Gasteiger partial charge is 0.326 e. The van der Waals surface area contributed by atoms with E-state index in [1.807, 2.05) is 0 Å². The van der Waals surface area contributed by atoms with E-state index in [0.717, 1.165) is 5.39 Å². The molecule has 1 aromatic heterocycles. The molecule has 0 radical (unpaired) electrons. The molecule has 0 saturated carbocycles. The number of hydrogen-bond acceptors (Lipinski definition) is 2. The van der Waals surface area contributed by atoms with E-state index in [0.29, 0.717) is 16.6 Å². The van der Waals surface area contributed by atoms with Crippen molar-refractivity contribution in [1.29, 1.82) is 0 Å². The van der Waals surface area contributed by atoms with Crippen LogP contribution in [0.1, 0.15) is 11.6 Å². The quantitative estimate of drug-likeness (QED) is 0.724. The fourth-order valence-electron chi connectivity index (χ4n) is 2.30. The van der Waals surface area contributed by atoms with Gasteiger partial charge in [-0.05, 0) is 23.8 Å². The minimum absolute atomic E-state index is 0.0562. The molecule has 0 aliphatic carbocycles. The Balaban J connectivity index is 2.14. The second-order valence-electron chi connectivity index (χ2n) is 4.81. The van der Waals surface area contributed by atoms with Gasteiger partial charge in [-0.3, -0.25) is 0 Å². The number of fused-ring (bicyclic) bond motifs is 3. The van der Waals surface area contributed by atoms with Crippen LogP contribution >= 0.6 is 0 Å². The first kappa shape index (κ1) is 13.9. The van der Waals surface area contributed by atoms with Gasteiger partial charge in [-0.15, -0.1) is 0 Å². The van der Waals surface area contributed by atoms with E-state index >= 15 is 0 Å². The van der Waals surface area contributed by atoms with Crippen LogP contribution in [0.4, 0.5) is 17.6 Å². The standard InChI is InChI=1S/C15H11F4NO/c16-14(17)15(18,19)13(20)8-5-6-12-10(7-8)9-3-1-2-4-11(9)21-12/h1-7,13-14H,20H2. The van der Waals surface area contributed by atoms with E-state index in [1.165, 1.54) is 18.2 Å². The second-order valence-corrected chi connectivity index (χ2v) is 4.81. The molecule has 2 N–H and O–H groups in total. The molecule has 0 aliphatic heterocycles. The predicted molar refractivity (Wildman–Crippen MR) is 71.6 cm³/mol. The lowest BCUT2D eigenvalue weighted by atomic mass is 9.99. The molecule has 21 heavy (non-hydrogen) atoms. The van der Waals surface area contributed by atoms with Crippen LogP contribution in [0, 0.1) is 0 Å². The van der Waals surface area contributed by atoms with Crippen molar-refractivity contribution < 1.29 is 22.0 Å². The fraction of sp³-hybridized carbons (Fsp3) is 0.200. The molecule has 1 heterocycles. The summed E-state index contributed by atoms with van der Waals surface area (Å²) in [6.45, 7) is 0. The summed E-state index contributed by atoms with van der Waals surface area (Å²) in [5.74, 6) is -4.28. The van der Waals surface area contributed by atoms with Crippen molar-refractivity contribution in [3.63, 3.8) is 0 Å². The molecule has 0 saturated heterocycles. The van der Waals surface area contributed by atoms with Gasteiger partial charge >= 0.3 is 12.3 Å². The molecule has 2 aromatic carbocycles. The Morgan fingerprint density at radius 1 is 0.952 bits per heavy atom. The summed E-state index contributed by atoms with van der Waals surface area (Å²) in [4.78, 5) is 0. The summed E-state index contributed by atoms with van der Waals surface area (Å²) in [6, 6.07) is 9.11. The lowest BCUT2D eigenvalue weighted by Crippen LogP contribution is -2.39. The van der Waals surface area contributed by atoms with Crippen molar-refractivity contribution >= 4 is 21.9 Å². The van der Waals surface area contributed by atoms with Crippen molar-refractivity contribution in [3.8, 4) is 0 Å². The van der Waals surface area contributed by atoms with Crippen molar-refractivity contribution in [2.24, 2.45) is 5.73 Å². The number of benzene rings is 2. The molecular formula is C15H11F4NO. The SMILES string of the molecule is NC(c1ccc2oc3ccccc3c2c1)C(F)(F)C(F)F. The van der Waals surface area contributed by atoms with Crippen LogP contribution in [-0.4, -0.2) is 12.3 Å². The molecule has 110 valence electrons. The minimum atomic E-state index is -4.28. The Labute approximate surface area is 117 Å². The molecule has 2 nitrogen and oxygen atoms in total. The lowest BCUT2D eigenvalue weighted by Gasteiger charge is -2.22. The van der Waals surface area contributed by atoms with Crippen LogP contribution in [0.5, 0.6) is 0 Å². The first-order chi connectivity index (χ1) is 9.91. The van der Waals surface area contributed by atoms with Gasteiger partial charge in [0.25, 0.3) is 0 Å². The van der Waals surface area contributed by atoms with Gasteiger partial charge < -0.3 is 10.2 Å². The number of hydrogen-bond donors (Lipinski definition) is 1. The van der Waals surface area contributed by atoms with Gasteiger partial charge in [-0.2, -0.15) is 8.78 Å². The Kier molecular flexibility index (Phi) is 3.13. The summed E-state index contributed by atoms with van der Waals surface area (Å²) in [5, 5.41) is 1.30. The molecule has 1 atom stereocenters. The summed E-state index contributed by atoms with van der Waals surface area (Å²) in [5.41, 5.74) is 6.35. The molecule has 0 fully saturated rings. The number of furan rings is 1. The number of nitrogens with two attached hydrogens (primary N) is 1. The van der Waals surface area contributed by atoms with Crippen LogP contribution in [0.3, 0.4) is 0 Å². The van der Waals surface area contributed by atoms with Gasteiger partial charge in [-0.1, -0.05) is 24.3 Å². The van der Waals surface area contributed by atoms with Gasteiger partial charge in [0, 0.05) is 10.8 Å². The van der Waals surface area contributed by atoms with Gasteiger partial charge in [0.15, 0.2) is 0 Å². The molecular weight excluding hydrogens is 286 g/mol. The molecule has 6 heteroatoms. The summed E-state index contributed by atoms with van der Waals surface area (Å²) in [6.07, 6.45) is -3.82. The Bertz CT molecular complexity index is 797. The highest BCUT2D eigenvalue weighted by Crippen LogP contribution is 2.37. The van der Waals surface area contributed by atoms with Crippen molar-refractivity contribution in [2.45, 2.75) is 18.4 Å². The Hall–Kier alpha value is -2.08. The highest BCUT2D eigenvalue weighted by atomic mass is 19.3. The van der Waals surface area contributed by atoms with Crippen LogP contribution in [0.25, 0.3) is 21.9 Å². The monoisotopic (exact) mass is 297 g/mol. The maximum atomic E-state index is 13.4. The summed E-state index contributed by atoms with van der Waals surface area (Å²) >= 11 is 0. The third-order valence-corrected chi connectivity index (χ3v) is 3.47. The van der Waals surface area contributed by atoms with E-state index in [4.69, 9.17) is 10.2 Å². The van der Waals surface area contributed by atoms with E-state index in [9.17, 15) is 17.6 Å². The molecule has 3 rings (SSSR count). The largest absolute Gasteiger partial charge is 0.456 e. The third kappa shape index (κ3) is 2.15. The van der Waals surface area contributed by atoms with E-state index in [-0.39, 0.29) is 5.56 Å². The van der Waals surface area contributed by atoms with Crippen molar-refractivity contribution in [1.82, 2.24) is 0 Å². The number of rotatable bonds is 3. The van der Waals surface area contributed by atoms with Gasteiger partial charge in [-0.25, -0.2) is 8.78 Å². The molecule has 0 aliphatic rings. The molecule has 0 amide bonds. The molecule has 0 bridgehead atoms. The highest BCUT2D eigenvalue weighted by Gasteiger charge is 2.47. The van der Waals surface area contributed by atoms with Gasteiger partial charge in [0.1, 0.15) is 17.2 Å². The molecule has 1 unspecified atom stereocenters. The summed E-state index contributed by atoms with van der Waals surface area (Å²) < 4.78 is 57.1. The summed E-state index contributed by atoms with van der Waals surface area (Å²) in [7, 11) is 0. The maximum absolute atomic E-state index is 13.4. The zero-order valence-electron chi connectivity index (χ0n) is 10.7. The topological polar surface area (TPSA) is 39.2 Å². The number of para-hydroxylation sites is 1. The lowest BCUT2D eigenvalue weighted by molar-refractivity contribution is -0.144. The van der Waals surface area contributed by atoms with E-state index in [2.05, 4.69) is 0 Å². The van der Waals surface area contributed by atoms with Gasteiger partial charge in [0.2, 0.25) is 0 Å². The number of alkyl halides is 4. The van der Waals surface area contributed by atoms with Crippen LogP contribution in [0.15, 0.2) is 46.9 Å². The predicted octanol–water partition coefficient (Wildman–Crippen LogP) is 4.49. The molecule has 3 aromatic rings. The second kappa shape index (κ2) is 4.73. The van der Waals surface area contributed by atoms with Crippen LogP contribution < -0.4 is 5.73 Å². The Morgan fingerprint density at radius 2 is 1.62 bits per heavy atom. The average molecular weight is 297 g/mol. The third-order valence-electron chi connectivity index (χ3n) is 3.47. The Morgan fingerprint density at radius 3 is 2.33 bits per heavy atom. The average Bonchev–Trinajstić information content (AvgIpc) is 2.84. The normalized spacial score (nSPS) is 14.2. The zero-order valence-corrected chi connectivity index (χ0v) is 10.7. The van der Waals surface area contributed by atoms with E-state index < -0.39 is 18.4 Å². The maximum Gasteiger partial charge on any atom is 0.326 e.